The zero-order chi connectivity index (χ0) is 15.6. The molecule has 0 saturated carbocycles. The molecule has 0 atom stereocenters. The predicted octanol–water partition coefficient (Wildman–Crippen LogP) is 3.02. The van der Waals surface area contributed by atoms with Crippen molar-refractivity contribution in [3.05, 3.63) is 58.1 Å². The monoisotopic (exact) mass is 324 g/mol. The summed E-state index contributed by atoms with van der Waals surface area (Å²) in [4.78, 5) is 0.000788. The standard InChI is InChI=1S/C15H17ClN2O2S/c1-10-5-3-4-6-12(10)9-18-21(19,20)15-8-14(17)11(2)7-13(15)16/h3-8,18H,9,17H2,1-2H3. The third-order valence-corrected chi connectivity index (χ3v) is 5.19. The highest BCUT2D eigenvalue weighted by Crippen LogP contribution is 2.26. The third-order valence-electron chi connectivity index (χ3n) is 3.32. The molecular formula is C15H17ClN2O2S. The van der Waals surface area contributed by atoms with Crippen molar-refractivity contribution < 1.29 is 8.42 Å². The van der Waals surface area contributed by atoms with E-state index in [9.17, 15) is 8.42 Å². The van der Waals surface area contributed by atoms with Crippen molar-refractivity contribution in [3.8, 4) is 0 Å². The molecule has 0 heterocycles. The lowest BCUT2D eigenvalue weighted by atomic mass is 10.1. The lowest BCUT2D eigenvalue weighted by Gasteiger charge is -2.11. The second-order valence-electron chi connectivity index (χ2n) is 4.89. The number of aryl methyl sites for hydroxylation is 2. The van der Waals surface area contributed by atoms with Crippen molar-refractivity contribution >= 4 is 27.3 Å². The molecule has 0 fully saturated rings. The maximum Gasteiger partial charge on any atom is 0.242 e. The lowest BCUT2D eigenvalue weighted by molar-refractivity contribution is 0.581. The SMILES string of the molecule is Cc1cc(Cl)c(S(=O)(=O)NCc2ccccc2C)cc1N. The van der Waals surface area contributed by atoms with Crippen LogP contribution in [0.5, 0.6) is 0 Å². The molecule has 21 heavy (non-hydrogen) atoms. The minimum Gasteiger partial charge on any atom is -0.398 e. The van der Waals surface area contributed by atoms with Crippen molar-refractivity contribution in [3.63, 3.8) is 0 Å². The maximum absolute atomic E-state index is 12.4. The molecule has 0 bridgehead atoms. The van der Waals surface area contributed by atoms with E-state index >= 15 is 0 Å². The van der Waals surface area contributed by atoms with E-state index in [0.717, 1.165) is 16.7 Å². The summed E-state index contributed by atoms with van der Waals surface area (Å²) in [5.41, 5.74) is 8.85. The van der Waals surface area contributed by atoms with Gasteiger partial charge in [0.05, 0.1) is 5.02 Å². The summed E-state index contributed by atoms with van der Waals surface area (Å²) in [6.07, 6.45) is 0. The Labute approximate surface area is 130 Å². The number of hydrogen-bond acceptors (Lipinski definition) is 3. The van der Waals surface area contributed by atoms with Gasteiger partial charge in [0, 0.05) is 12.2 Å². The zero-order valence-electron chi connectivity index (χ0n) is 11.9. The van der Waals surface area contributed by atoms with Gasteiger partial charge in [-0.25, -0.2) is 13.1 Å². The Balaban J connectivity index is 2.27. The van der Waals surface area contributed by atoms with E-state index in [2.05, 4.69) is 4.72 Å². The average Bonchev–Trinajstić information content (AvgIpc) is 2.42. The first-order valence-corrected chi connectivity index (χ1v) is 8.27. The summed E-state index contributed by atoms with van der Waals surface area (Å²) in [6.45, 7) is 3.91. The number of anilines is 1. The van der Waals surface area contributed by atoms with E-state index in [1.807, 2.05) is 31.2 Å². The number of sulfonamides is 1. The minimum atomic E-state index is -3.71. The Morgan fingerprint density at radius 1 is 1.14 bits per heavy atom. The highest BCUT2D eigenvalue weighted by molar-refractivity contribution is 7.89. The quantitative estimate of drug-likeness (QED) is 0.849. The number of nitrogens with two attached hydrogens (primary N) is 1. The minimum absolute atomic E-state index is 0.000788. The summed E-state index contributed by atoms with van der Waals surface area (Å²) in [5, 5.41) is 0.166. The van der Waals surface area contributed by atoms with E-state index in [1.165, 1.54) is 6.07 Å². The van der Waals surface area contributed by atoms with Crippen LogP contribution in [0.4, 0.5) is 5.69 Å². The molecule has 0 aliphatic rings. The fraction of sp³-hybridized carbons (Fsp3) is 0.200. The van der Waals surface area contributed by atoms with Gasteiger partial charge in [-0.15, -0.1) is 0 Å². The molecule has 2 aromatic carbocycles. The Kier molecular flexibility index (Phi) is 4.56. The van der Waals surface area contributed by atoms with Crippen LogP contribution in [0.15, 0.2) is 41.3 Å². The lowest BCUT2D eigenvalue weighted by Crippen LogP contribution is -2.24. The van der Waals surface area contributed by atoms with E-state index in [-0.39, 0.29) is 16.5 Å². The number of nitrogen functional groups attached to an aromatic ring is 1. The molecule has 0 aliphatic carbocycles. The fourth-order valence-corrected chi connectivity index (χ4v) is 3.56. The van der Waals surface area contributed by atoms with Crippen LogP contribution in [0, 0.1) is 13.8 Å². The van der Waals surface area contributed by atoms with Crippen LogP contribution in [-0.4, -0.2) is 8.42 Å². The molecule has 2 rings (SSSR count). The highest BCUT2D eigenvalue weighted by Gasteiger charge is 2.19. The van der Waals surface area contributed by atoms with Gasteiger partial charge in [0.15, 0.2) is 0 Å². The zero-order valence-corrected chi connectivity index (χ0v) is 13.4. The predicted molar refractivity (Wildman–Crippen MR) is 85.8 cm³/mol. The highest BCUT2D eigenvalue weighted by atomic mass is 35.5. The molecule has 6 heteroatoms. The summed E-state index contributed by atoms with van der Waals surface area (Å²) in [6, 6.07) is 10.5. The van der Waals surface area contributed by atoms with Crippen LogP contribution >= 0.6 is 11.6 Å². The maximum atomic E-state index is 12.4. The first-order chi connectivity index (χ1) is 9.81. The smallest absolute Gasteiger partial charge is 0.242 e. The Morgan fingerprint density at radius 2 is 1.81 bits per heavy atom. The second kappa shape index (κ2) is 6.05. The van der Waals surface area contributed by atoms with Crippen LogP contribution in [0.2, 0.25) is 5.02 Å². The Hall–Kier alpha value is -1.56. The topological polar surface area (TPSA) is 72.2 Å². The van der Waals surface area contributed by atoms with Crippen molar-refractivity contribution in [2.24, 2.45) is 0 Å². The Morgan fingerprint density at radius 3 is 2.48 bits per heavy atom. The normalized spacial score (nSPS) is 11.6. The third kappa shape index (κ3) is 3.56. The van der Waals surface area contributed by atoms with Crippen LogP contribution in [0.1, 0.15) is 16.7 Å². The summed E-state index contributed by atoms with van der Waals surface area (Å²) < 4.78 is 27.3. The van der Waals surface area contributed by atoms with E-state index in [4.69, 9.17) is 17.3 Å². The summed E-state index contributed by atoms with van der Waals surface area (Å²) in [5.74, 6) is 0. The van der Waals surface area contributed by atoms with Gasteiger partial charge in [0.1, 0.15) is 4.90 Å². The van der Waals surface area contributed by atoms with Gasteiger partial charge in [-0.1, -0.05) is 35.9 Å². The number of benzene rings is 2. The van der Waals surface area contributed by atoms with Gasteiger partial charge in [-0.2, -0.15) is 0 Å². The first-order valence-electron chi connectivity index (χ1n) is 6.41. The fourth-order valence-electron chi connectivity index (χ4n) is 1.93. The van der Waals surface area contributed by atoms with Gasteiger partial charge in [-0.3, -0.25) is 0 Å². The van der Waals surface area contributed by atoms with Crippen LogP contribution in [0.3, 0.4) is 0 Å². The average molecular weight is 325 g/mol. The van der Waals surface area contributed by atoms with Gasteiger partial charge in [0.2, 0.25) is 10.0 Å². The van der Waals surface area contributed by atoms with Crippen molar-refractivity contribution in [2.75, 3.05) is 5.73 Å². The number of nitrogens with one attached hydrogen (secondary N) is 1. The number of halogens is 1. The Bertz CT molecular complexity index is 773. The summed E-state index contributed by atoms with van der Waals surface area (Å²) in [7, 11) is -3.71. The molecule has 0 amide bonds. The van der Waals surface area contributed by atoms with E-state index in [1.54, 1.807) is 13.0 Å². The van der Waals surface area contributed by atoms with Crippen LogP contribution in [0.25, 0.3) is 0 Å². The van der Waals surface area contributed by atoms with Crippen LogP contribution in [-0.2, 0) is 16.6 Å². The molecule has 0 saturated heterocycles. The van der Waals surface area contributed by atoms with Crippen molar-refractivity contribution in [2.45, 2.75) is 25.3 Å². The van der Waals surface area contributed by atoms with E-state index < -0.39 is 10.0 Å². The van der Waals surface area contributed by atoms with Crippen molar-refractivity contribution in [1.82, 2.24) is 4.72 Å². The molecule has 112 valence electrons. The molecule has 2 aromatic rings. The van der Waals surface area contributed by atoms with Gasteiger partial charge < -0.3 is 5.73 Å². The van der Waals surface area contributed by atoms with Gasteiger partial charge in [-0.05, 0) is 42.7 Å². The number of rotatable bonds is 4. The van der Waals surface area contributed by atoms with Gasteiger partial charge >= 0.3 is 0 Å². The molecular weight excluding hydrogens is 308 g/mol. The molecule has 4 nitrogen and oxygen atoms in total. The van der Waals surface area contributed by atoms with E-state index in [0.29, 0.717) is 5.69 Å². The molecule has 0 aliphatic heterocycles. The molecule has 0 spiro atoms. The largest absolute Gasteiger partial charge is 0.398 e. The molecule has 0 unspecified atom stereocenters. The second-order valence-corrected chi connectivity index (χ2v) is 7.03. The number of hydrogen-bond donors (Lipinski definition) is 2. The molecule has 0 aromatic heterocycles. The van der Waals surface area contributed by atoms with Crippen LogP contribution < -0.4 is 10.5 Å². The van der Waals surface area contributed by atoms with Gasteiger partial charge in [0.25, 0.3) is 0 Å². The van der Waals surface area contributed by atoms with Crippen molar-refractivity contribution in [1.29, 1.82) is 0 Å². The summed E-state index contributed by atoms with van der Waals surface area (Å²) >= 11 is 6.02. The first kappa shape index (κ1) is 15.8. The molecule has 3 N–H and O–H groups in total. The molecule has 0 radical (unpaired) electrons.